The molecule has 2 aromatic carbocycles. The van der Waals surface area contributed by atoms with Gasteiger partial charge in [0.1, 0.15) is 0 Å². The van der Waals surface area contributed by atoms with Gasteiger partial charge < -0.3 is 19.1 Å². The lowest BCUT2D eigenvalue weighted by molar-refractivity contribution is -0.140. The van der Waals surface area contributed by atoms with Crippen molar-refractivity contribution in [1.29, 1.82) is 0 Å². The number of rotatable bonds is 8. The highest BCUT2D eigenvalue weighted by molar-refractivity contribution is 6.10. The summed E-state index contributed by atoms with van der Waals surface area (Å²) in [5, 5.41) is 0. The number of para-hydroxylation sites is 1. The summed E-state index contributed by atoms with van der Waals surface area (Å²) >= 11 is 0. The van der Waals surface area contributed by atoms with E-state index in [1.54, 1.807) is 17.0 Å². The standard InChI is InChI=1S/C22H24N2O5/c1-23-17-14-20(29-12-6-9-21(25)28-3)19(27-2)13-16(17)22(26)24-11-10-15-7-4-5-8-18(15)24/h4-5,7-8,13-14H,1,6,9-12H2,2-3H3. The number of methoxy groups -OCH3 is 2. The van der Waals surface area contributed by atoms with E-state index in [4.69, 9.17) is 9.47 Å². The molecular weight excluding hydrogens is 372 g/mol. The molecule has 7 heteroatoms. The fourth-order valence-corrected chi connectivity index (χ4v) is 3.32. The van der Waals surface area contributed by atoms with Gasteiger partial charge in [-0.1, -0.05) is 18.2 Å². The predicted molar refractivity (Wildman–Crippen MR) is 111 cm³/mol. The van der Waals surface area contributed by atoms with E-state index in [-0.39, 0.29) is 18.3 Å². The number of ether oxygens (including phenoxy) is 3. The number of anilines is 1. The zero-order chi connectivity index (χ0) is 20.8. The molecule has 0 N–H and O–H groups in total. The summed E-state index contributed by atoms with van der Waals surface area (Å²) in [5.74, 6) is 0.415. The summed E-state index contributed by atoms with van der Waals surface area (Å²) in [6.07, 6.45) is 1.57. The molecule has 0 bridgehead atoms. The Balaban J connectivity index is 1.82. The van der Waals surface area contributed by atoms with Crippen LogP contribution in [0.15, 0.2) is 41.4 Å². The maximum absolute atomic E-state index is 13.2. The number of amides is 1. The normalized spacial score (nSPS) is 12.3. The lowest BCUT2D eigenvalue weighted by Crippen LogP contribution is -2.29. The van der Waals surface area contributed by atoms with Crippen molar-refractivity contribution in [1.82, 2.24) is 0 Å². The molecule has 1 heterocycles. The Kier molecular flexibility index (Phi) is 6.49. The minimum absolute atomic E-state index is 0.159. The highest BCUT2D eigenvalue weighted by Gasteiger charge is 2.28. The Morgan fingerprint density at radius 3 is 2.69 bits per heavy atom. The van der Waals surface area contributed by atoms with Crippen LogP contribution in [0.4, 0.5) is 11.4 Å². The monoisotopic (exact) mass is 396 g/mol. The molecule has 0 unspecified atom stereocenters. The molecular formula is C22H24N2O5. The maximum Gasteiger partial charge on any atom is 0.305 e. The molecule has 0 aliphatic carbocycles. The number of hydrogen-bond donors (Lipinski definition) is 0. The van der Waals surface area contributed by atoms with Crippen LogP contribution in [-0.4, -0.2) is 46.0 Å². The van der Waals surface area contributed by atoms with Crippen LogP contribution >= 0.6 is 0 Å². The Morgan fingerprint density at radius 1 is 1.17 bits per heavy atom. The molecule has 0 atom stereocenters. The third kappa shape index (κ3) is 4.39. The number of carbonyl (C=O) groups excluding carboxylic acids is 2. The van der Waals surface area contributed by atoms with E-state index in [9.17, 15) is 9.59 Å². The summed E-state index contributed by atoms with van der Waals surface area (Å²) in [4.78, 5) is 30.2. The first-order chi connectivity index (χ1) is 14.1. The van der Waals surface area contributed by atoms with Gasteiger partial charge in [-0.3, -0.25) is 14.6 Å². The zero-order valence-corrected chi connectivity index (χ0v) is 16.6. The second kappa shape index (κ2) is 9.23. The van der Waals surface area contributed by atoms with Crippen LogP contribution in [0.2, 0.25) is 0 Å². The van der Waals surface area contributed by atoms with Crippen molar-refractivity contribution in [3.63, 3.8) is 0 Å². The van der Waals surface area contributed by atoms with Crippen LogP contribution in [0.25, 0.3) is 0 Å². The van der Waals surface area contributed by atoms with E-state index in [2.05, 4.69) is 16.4 Å². The first-order valence-electron chi connectivity index (χ1n) is 9.37. The van der Waals surface area contributed by atoms with E-state index in [0.29, 0.717) is 42.3 Å². The summed E-state index contributed by atoms with van der Waals surface area (Å²) in [6.45, 7) is 4.51. The third-order valence-electron chi connectivity index (χ3n) is 4.83. The summed E-state index contributed by atoms with van der Waals surface area (Å²) < 4.78 is 15.8. The summed E-state index contributed by atoms with van der Waals surface area (Å²) in [7, 11) is 2.86. The van der Waals surface area contributed by atoms with Gasteiger partial charge in [0.2, 0.25) is 0 Å². The van der Waals surface area contributed by atoms with Gasteiger partial charge in [-0.15, -0.1) is 0 Å². The molecule has 0 fully saturated rings. The van der Waals surface area contributed by atoms with Crippen LogP contribution in [0.1, 0.15) is 28.8 Å². The quantitative estimate of drug-likeness (QED) is 0.387. The molecule has 1 aliphatic heterocycles. The lowest BCUT2D eigenvalue weighted by atomic mass is 10.1. The maximum atomic E-state index is 13.2. The number of benzene rings is 2. The van der Waals surface area contributed by atoms with Crippen LogP contribution in [0, 0.1) is 0 Å². The molecule has 2 aromatic rings. The molecule has 152 valence electrons. The molecule has 7 nitrogen and oxygen atoms in total. The SMILES string of the molecule is C=Nc1cc(OCCCC(=O)OC)c(OC)cc1C(=O)N1CCc2ccccc21. The Bertz CT molecular complexity index is 925. The van der Waals surface area contributed by atoms with Crippen molar-refractivity contribution in [3.05, 3.63) is 47.5 Å². The van der Waals surface area contributed by atoms with Crippen molar-refractivity contribution in [2.24, 2.45) is 4.99 Å². The van der Waals surface area contributed by atoms with Gasteiger partial charge in [0, 0.05) is 24.7 Å². The van der Waals surface area contributed by atoms with Crippen LogP contribution < -0.4 is 14.4 Å². The van der Waals surface area contributed by atoms with E-state index < -0.39 is 0 Å². The number of carbonyl (C=O) groups is 2. The smallest absolute Gasteiger partial charge is 0.305 e. The number of nitrogens with zero attached hydrogens (tertiary/aromatic N) is 2. The molecule has 0 radical (unpaired) electrons. The zero-order valence-electron chi connectivity index (χ0n) is 16.6. The van der Waals surface area contributed by atoms with E-state index in [1.807, 2.05) is 24.3 Å². The molecule has 0 saturated heterocycles. The van der Waals surface area contributed by atoms with Crippen molar-refractivity contribution in [3.8, 4) is 11.5 Å². The van der Waals surface area contributed by atoms with Crippen LogP contribution in [-0.2, 0) is 16.0 Å². The fourth-order valence-electron chi connectivity index (χ4n) is 3.32. The average molecular weight is 396 g/mol. The number of fused-ring (bicyclic) bond motifs is 1. The second-order valence-corrected chi connectivity index (χ2v) is 6.54. The fraction of sp³-hybridized carbons (Fsp3) is 0.318. The molecule has 0 saturated carbocycles. The Labute approximate surface area is 169 Å². The van der Waals surface area contributed by atoms with Crippen LogP contribution in [0.3, 0.4) is 0 Å². The second-order valence-electron chi connectivity index (χ2n) is 6.54. The topological polar surface area (TPSA) is 77.4 Å². The molecule has 3 rings (SSSR count). The molecule has 0 spiro atoms. The lowest BCUT2D eigenvalue weighted by Gasteiger charge is -2.20. The van der Waals surface area contributed by atoms with E-state index >= 15 is 0 Å². The Hall–Kier alpha value is -3.35. The summed E-state index contributed by atoms with van der Waals surface area (Å²) in [5.41, 5.74) is 2.87. The predicted octanol–water partition coefficient (Wildman–Crippen LogP) is 3.56. The highest BCUT2D eigenvalue weighted by atomic mass is 16.5. The number of aliphatic imine (C=N–C) groups is 1. The van der Waals surface area contributed by atoms with E-state index in [0.717, 1.165) is 17.7 Å². The molecule has 1 aliphatic rings. The first kappa shape index (κ1) is 20.4. The first-order valence-corrected chi connectivity index (χ1v) is 9.37. The number of hydrogen-bond acceptors (Lipinski definition) is 6. The number of esters is 1. The Morgan fingerprint density at radius 2 is 1.97 bits per heavy atom. The molecule has 0 aromatic heterocycles. The van der Waals surface area contributed by atoms with Gasteiger partial charge in [-0.05, 0) is 37.3 Å². The highest BCUT2D eigenvalue weighted by Crippen LogP contribution is 2.37. The largest absolute Gasteiger partial charge is 0.493 e. The van der Waals surface area contributed by atoms with Crippen molar-refractivity contribution in [2.45, 2.75) is 19.3 Å². The van der Waals surface area contributed by atoms with Crippen molar-refractivity contribution < 1.29 is 23.8 Å². The van der Waals surface area contributed by atoms with Gasteiger partial charge in [-0.25, -0.2) is 0 Å². The third-order valence-corrected chi connectivity index (χ3v) is 4.83. The van der Waals surface area contributed by atoms with Gasteiger partial charge in [0.05, 0.1) is 32.1 Å². The van der Waals surface area contributed by atoms with Gasteiger partial charge in [0.25, 0.3) is 5.91 Å². The van der Waals surface area contributed by atoms with Gasteiger partial charge in [-0.2, -0.15) is 0 Å². The van der Waals surface area contributed by atoms with E-state index in [1.165, 1.54) is 14.2 Å². The van der Waals surface area contributed by atoms with Crippen LogP contribution in [0.5, 0.6) is 11.5 Å². The minimum Gasteiger partial charge on any atom is -0.493 e. The summed E-state index contributed by atoms with van der Waals surface area (Å²) in [6, 6.07) is 11.1. The van der Waals surface area contributed by atoms with Gasteiger partial charge in [0.15, 0.2) is 11.5 Å². The molecule has 1 amide bonds. The minimum atomic E-state index is -0.291. The van der Waals surface area contributed by atoms with Gasteiger partial charge >= 0.3 is 5.97 Å². The average Bonchev–Trinajstić information content (AvgIpc) is 3.19. The van der Waals surface area contributed by atoms with Crippen molar-refractivity contribution in [2.75, 3.05) is 32.3 Å². The molecule has 29 heavy (non-hydrogen) atoms. The van der Waals surface area contributed by atoms with Crippen molar-refractivity contribution >= 4 is 30.0 Å².